The molecule has 0 fully saturated rings. The van der Waals surface area contributed by atoms with Gasteiger partial charge in [0.25, 0.3) is 0 Å². The van der Waals surface area contributed by atoms with Crippen molar-refractivity contribution < 1.29 is 22.3 Å². The quantitative estimate of drug-likeness (QED) is 0.682. The van der Waals surface area contributed by atoms with E-state index in [9.17, 15) is 17.6 Å². The fourth-order valence-electron chi connectivity index (χ4n) is 2.84. The summed E-state index contributed by atoms with van der Waals surface area (Å²) in [6.07, 6.45) is 1.00. The van der Waals surface area contributed by atoms with Crippen LogP contribution in [0.3, 0.4) is 0 Å². The van der Waals surface area contributed by atoms with Crippen molar-refractivity contribution in [2.75, 3.05) is 23.7 Å². The third-order valence-electron chi connectivity index (χ3n) is 4.16. The first-order valence-corrected chi connectivity index (χ1v) is 10.7. The Morgan fingerprint density at radius 1 is 1.18 bits per heavy atom. The molecule has 2 aromatic carbocycles. The zero-order valence-corrected chi connectivity index (χ0v) is 17.2. The van der Waals surface area contributed by atoms with Crippen LogP contribution in [0, 0.1) is 19.7 Å². The monoisotopic (exact) mass is 408 g/mol. The second-order valence-corrected chi connectivity index (χ2v) is 8.48. The third-order valence-corrected chi connectivity index (χ3v) is 5.40. The minimum Gasteiger partial charge on any atom is -0.491 e. The van der Waals surface area contributed by atoms with Crippen molar-refractivity contribution in [3.63, 3.8) is 0 Å². The molecule has 0 aliphatic rings. The fraction of sp³-hybridized carbons (Fsp3) is 0.350. The van der Waals surface area contributed by atoms with Gasteiger partial charge in [0.05, 0.1) is 18.5 Å². The number of ether oxygens (including phenoxy) is 1. The van der Waals surface area contributed by atoms with Crippen molar-refractivity contribution in [3.8, 4) is 5.75 Å². The van der Waals surface area contributed by atoms with E-state index in [0.717, 1.165) is 39.6 Å². The molecule has 0 bridgehead atoms. The summed E-state index contributed by atoms with van der Waals surface area (Å²) < 4.78 is 44.1. The Balaban J connectivity index is 1.98. The number of halogens is 1. The Bertz CT molecular complexity index is 930. The normalized spacial score (nSPS) is 12.3. The van der Waals surface area contributed by atoms with E-state index in [2.05, 4.69) is 5.32 Å². The van der Waals surface area contributed by atoms with Gasteiger partial charge in [0, 0.05) is 0 Å². The highest BCUT2D eigenvalue weighted by molar-refractivity contribution is 7.92. The molecule has 2 rings (SSSR count). The molecule has 0 aliphatic heterocycles. The zero-order chi connectivity index (χ0) is 20.9. The minimum atomic E-state index is -3.74. The fourth-order valence-corrected chi connectivity index (χ4v) is 4.02. The maximum absolute atomic E-state index is 13.1. The topological polar surface area (TPSA) is 75.7 Å². The lowest BCUT2D eigenvalue weighted by Crippen LogP contribution is -2.48. The maximum atomic E-state index is 13.1. The molecule has 1 N–H and O–H groups in total. The summed E-state index contributed by atoms with van der Waals surface area (Å²) >= 11 is 0. The number of aryl methyl sites for hydroxylation is 2. The summed E-state index contributed by atoms with van der Waals surface area (Å²) in [6, 6.07) is 9.76. The summed E-state index contributed by atoms with van der Waals surface area (Å²) in [6.45, 7) is 5.88. The average Bonchev–Trinajstić information content (AvgIpc) is 2.60. The van der Waals surface area contributed by atoms with E-state index in [1.165, 1.54) is 19.1 Å². The molecular weight excluding hydrogens is 383 g/mol. The molecule has 0 saturated heterocycles. The van der Waals surface area contributed by atoms with Gasteiger partial charge in [-0.05, 0) is 56.7 Å². The van der Waals surface area contributed by atoms with Gasteiger partial charge in [0.1, 0.15) is 24.2 Å². The van der Waals surface area contributed by atoms with E-state index in [1.54, 1.807) is 0 Å². The lowest BCUT2D eigenvalue weighted by Gasteiger charge is -2.28. The number of carbonyl (C=O) groups excluding carboxylic acids is 1. The summed E-state index contributed by atoms with van der Waals surface area (Å²) in [5.41, 5.74) is 2.35. The van der Waals surface area contributed by atoms with E-state index in [1.807, 2.05) is 32.0 Å². The van der Waals surface area contributed by atoms with Crippen LogP contribution >= 0.6 is 0 Å². The Hall–Kier alpha value is -2.61. The summed E-state index contributed by atoms with van der Waals surface area (Å²) in [5.74, 6) is -0.228. The largest absolute Gasteiger partial charge is 0.491 e. The number of benzene rings is 2. The van der Waals surface area contributed by atoms with Gasteiger partial charge in [-0.1, -0.05) is 17.7 Å². The highest BCUT2D eigenvalue weighted by Gasteiger charge is 2.28. The van der Waals surface area contributed by atoms with Gasteiger partial charge in [-0.25, -0.2) is 12.8 Å². The van der Waals surface area contributed by atoms with Crippen molar-refractivity contribution in [1.29, 1.82) is 0 Å². The van der Waals surface area contributed by atoms with Gasteiger partial charge in [-0.15, -0.1) is 0 Å². The number of carbonyl (C=O) groups is 1. The second kappa shape index (κ2) is 9.05. The number of amides is 1. The molecule has 0 aromatic heterocycles. The molecule has 0 saturated carbocycles. The highest BCUT2D eigenvalue weighted by Crippen LogP contribution is 2.21. The van der Waals surface area contributed by atoms with E-state index >= 15 is 0 Å². The Morgan fingerprint density at radius 2 is 1.82 bits per heavy atom. The predicted molar refractivity (Wildman–Crippen MR) is 108 cm³/mol. The summed E-state index contributed by atoms with van der Waals surface area (Å²) in [5, 5.41) is 2.67. The molecule has 1 amide bonds. The van der Waals surface area contributed by atoms with Gasteiger partial charge in [-0.2, -0.15) is 0 Å². The van der Waals surface area contributed by atoms with Gasteiger partial charge in [0.15, 0.2) is 0 Å². The van der Waals surface area contributed by atoms with Crippen LogP contribution in [0.15, 0.2) is 42.5 Å². The lowest BCUT2D eigenvalue weighted by atomic mass is 10.1. The maximum Gasteiger partial charge on any atom is 0.243 e. The van der Waals surface area contributed by atoms with Crippen LogP contribution in [0.2, 0.25) is 0 Å². The number of nitrogens with one attached hydrogen (secondary N) is 1. The van der Waals surface area contributed by atoms with E-state index < -0.39 is 27.8 Å². The van der Waals surface area contributed by atoms with E-state index in [0.29, 0.717) is 0 Å². The van der Waals surface area contributed by atoms with Crippen LogP contribution in [0.1, 0.15) is 18.1 Å². The first kappa shape index (κ1) is 21.7. The zero-order valence-electron chi connectivity index (χ0n) is 16.4. The molecule has 6 nitrogen and oxygen atoms in total. The average molecular weight is 408 g/mol. The lowest BCUT2D eigenvalue weighted by molar-refractivity contribution is -0.121. The van der Waals surface area contributed by atoms with Crippen molar-refractivity contribution in [1.82, 2.24) is 5.32 Å². The van der Waals surface area contributed by atoms with Crippen LogP contribution in [-0.4, -0.2) is 39.8 Å². The van der Waals surface area contributed by atoms with Crippen LogP contribution in [-0.2, 0) is 14.8 Å². The molecule has 0 aliphatic carbocycles. The van der Waals surface area contributed by atoms with Gasteiger partial charge >= 0.3 is 0 Å². The molecule has 152 valence electrons. The Morgan fingerprint density at radius 3 is 2.39 bits per heavy atom. The standard InChI is InChI=1S/C20H25FN2O4S/c1-14-5-10-19(15(2)13-14)27-12-11-22-20(24)16(3)23(28(4,25)26)18-8-6-17(21)7-9-18/h5-10,13,16H,11-12H2,1-4H3,(H,22,24). The summed E-state index contributed by atoms with van der Waals surface area (Å²) in [4.78, 5) is 12.4. The molecule has 0 radical (unpaired) electrons. The number of sulfonamides is 1. The number of hydrogen-bond donors (Lipinski definition) is 1. The molecule has 0 heterocycles. The second-order valence-electron chi connectivity index (χ2n) is 6.62. The number of nitrogens with zero attached hydrogens (tertiary/aromatic N) is 1. The van der Waals surface area contributed by atoms with E-state index in [4.69, 9.17) is 4.74 Å². The number of hydrogen-bond acceptors (Lipinski definition) is 4. The molecule has 1 atom stereocenters. The first-order chi connectivity index (χ1) is 13.1. The van der Waals surface area contributed by atoms with Gasteiger partial charge in [0.2, 0.25) is 15.9 Å². The van der Waals surface area contributed by atoms with Crippen LogP contribution < -0.4 is 14.4 Å². The Labute approximate surface area is 165 Å². The smallest absolute Gasteiger partial charge is 0.243 e. The van der Waals surface area contributed by atoms with Crippen molar-refractivity contribution in [2.45, 2.75) is 26.8 Å². The third kappa shape index (κ3) is 5.69. The number of anilines is 1. The highest BCUT2D eigenvalue weighted by atomic mass is 32.2. The molecule has 28 heavy (non-hydrogen) atoms. The van der Waals surface area contributed by atoms with Crippen molar-refractivity contribution in [3.05, 3.63) is 59.4 Å². The van der Waals surface area contributed by atoms with Crippen molar-refractivity contribution in [2.24, 2.45) is 0 Å². The minimum absolute atomic E-state index is 0.220. The molecule has 0 spiro atoms. The van der Waals surface area contributed by atoms with Gasteiger partial charge in [-0.3, -0.25) is 9.10 Å². The van der Waals surface area contributed by atoms with E-state index in [-0.39, 0.29) is 18.8 Å². The van der Waals surface area contributed by atoms with Crippen molar-refractivity contribution >= 4 is 21.6 Å². The van der Waals surface area contributed by atoms with Gasteiger partial charge < -0.3 is 10.1 Å². The molecular formula is C20H25FN2O4S. The molecule has 1 unspecified atom stereocenters. The van der Waals surface area contributed by atoms with Crippen LogP contribution in [0.4, 0.5) is 10.1 Å². The first-order valence-electron chi connectivity index (χ1n) is 8.82. The van der Waals surface area contributed by atoms with Crippen LogP contribution in [0.5, 0.6) is 5.75 Å². The predicted octanol–water partition coefficient (Wildman–Crippen LogP) is 2.79. The summed E-state index contributed by atoms with van der Waals surface area (Å²) in [7, 11) is -3.74. The molecule has 2 aromatic rings. The molecule has 8 heteroatoms. The number of rotatable bonds is 8. The Kier molecular flexibility index (Phi) is 7.01. The SMILES string of the molecule is Cc1ccc(OCCNC(=O)C(C)N(c2ccc(F)cc2)S(C)(=O)=O)c(C)c1. The van der Waals surface area contributed by atoms with Crippen LogP contribution in [0.25, 0.3) is 0 Å².